The van der Waals surface area contributed by atoms with Gasteiger partial charge in [0.05, 0.1) is 12.8 Å². The Balaban J connectivity index is 1.97. The highest BCUT2D eigenvalue weighted by Crippen LogP contribution is 2.26. The van der Waals surface area contributed by atoms with Gasteiger partial charge in [-0.05, 0) is 59.7 Å². The van der Waals surface area contributed by atoms with Gasteiger partial charge in [-0.15, -0.1) is 0 Å². The lowest BCUT2D eigenvalue weighted by molar-refractivity contribution is 0.415. The minimum Gasteiger partial charge on any atom is -0.497 e. The summed E-state index contributed by atoms with van der Waals surface area (Å²) in [5.41, 5.74) is 4.24. The second-order valence-corrected chi connectivity index (χ2v) is 5.10. The molecule has 0 unspecified atom stereocenters. The molecule has 3 aromatic rings. The average molecular weight is 296 g/mol. The molecule has 104 valence electrons. The lowest BCUT2D eigenvalue weighted by Crippen LogP contribution is -1.86. The molecular formula is C18H14ClNO. The normalized spacial score (nSPS) is 10.4. The minimum atomic E-state index is 0.739. The van der Waals surface area contributed by atoms with E-state index >= 15 is 0 Å². The predicted molar refractivity (Wildman–Crippen MR) is 86.7 cm³/mol. The molecule has 0 saturated heterocycles. The van der Waals surface area contributed by atoms with Gasteiger partial charge in [-0.3, -0.25) is 4.98 Å². The van der Waals surface area contributed by atoms with Crippen LogP contribution in [0.3, 0.4) is 0 Å². The molecule has 0 bridgehead atoms. The van der Waals surface area contributed by atoms with Gasteiger partial charge in [0.1, 0.15) is 5.75 Å². The fourth-order valence-corrected chi connectivity index (χ4v) is 2.30. The first kappa shape index (κ1) is 13.7. The molecular weight excluding hydrogens is 282 g/mol. The van der Waals surface area contributed by atoms with Crippen LogP contribution < -0.4 is 4.74 Å². The number of benzene rings is 2. The topological polar surface area (TPSA) is 22.1 Å². The number of hydrogen-bond acceptors (Lipinski definition) is 2. The SMILES string of the molecule is COc1ccc(-c2cc(-c3ccc(Cl)cc3)ccn2)cc1. The van der Waals surface area contributed by atoms with E-state index in [9.17, 15) is 0 Å². The number of ether oxygens (including phenoxy) is 1. The van der Waals surface area contributed by atoms with Crippen LogP contribution in [0.2, 0.25) is 5.02 Å². The number of hydrogen-bond donors (Lipinski definition) is 0. The van der Waals surface area contributed by atoms with Crippen LogP contribution in [0.5, 0.6) is 5.75 Å². The predicted octanol–water partition coefficient (Wildman–Crippen LogP) is 5.08. The van der Waals surface area contributed by atoms with Gasteiger partial charge in [0.2, 0.25) is 0 Å². The molecule has 0 atom stereocenters. The highest BCUT2D eigenvalue weighted by Gasteiger charge is 2.03. The standard InChI is InChI=1S/C18H14ClNO/c1-21-17-8-4-14(5-9-17)18-12-15(10-11-20-18)13-2-6-16(19)7-3-13/h2-12H,1H3. The second-order valence-electron chi connectivity index (χ2n) is 4.67. The number of aromatic nitrogens is 1. The lowest BCUT2D eigenvalue weighted by atomic mass is 10.0. The van der Waals surface area contributed by atoms with Gasteiger partial charge in [-0.25, -0.2) is 0 Å². The number of halogens is 1. The Kier molecular flexibility index (Phi) is 3.89. The number of nitrogens with zero attached hydrogens (tertiary/aromatic N) is 1. The highest BCUT2D eigenvalue weighted by atomic mass is 35.5. The van der Waals surface area contributed by atoms with Crippen LogP contribution in [0, 0.1) is 0 Å². The quantitative estimate of drug-likeness (QED) is 0.672. The van der Waals surface area contributed by atoms with Gasteiger partial charge in [-0.1, -0.05) is 23.7 Å². The van der Waals surface area contributed by atoms with Crippen molar-refractivity contribution in [3.05, 3.63) is 71.9 Å². The molecule has 0 aliphatic heterocycles. The van der Waals surface area contributed by atoms with E-state index in [1.54, 1.807) is 7.11 Å². The van der Waals surface area contributed by atoms with Crippen molar-refractivity contribution < 1.29 is 4.74 Å². The summed E-state index contributed by atoms with van der Waals surface area (Å²) in [7, 11) is 1.66. The van der Waals surface area contributed by atoms with Crippen molar-refractivity contribution in [1.29, 1.82) is 0 Å². The molecule has 0 spiro atoms. The summed E-state index contributed by atoms with van der Waals surface area (Å²) in [5.74, 6) is 0.840. The minimum absolute atomic E-state index is 0.739. The molecule has 0 amide bonds. The summed E-state index contributed by atoms with van der Waals surface area (Å²) >= 11 is 5.93. The molecule has 0 radical (unpaired) electrons. The molecule has 0 aliphatic carbocycles. The molecule has 0 N–H and O–H groups in total. The molecule has 2 aromatic carbocycles. The molecule has 3 heteroatoms. The Morgan fingerprint density at radius 3 is 2.14 bits per heavy atom. The third-order valence-electron chi connectivity index (χ3n) is 3.32. The fraction of sp³-hybridized carbons (Fsp3) is 0.0556. The van der Waals surface area contributed by atoms with Crippen LogP contribution >= 0.6 is 11.6 Å². The van der Waals surface area contributed by atoms with Crippen molar-refractivity contribution >= 4 is 11.6 Å². The zero-order chi connectivity index (χ0) is 14.7. The average Bonchev–Trinajstić information content (AvgIpc) is 2.56. The van der Waals surface area contributed by atoms with Crippen molar-refractivity contribution in [2.75, 3.05) is 7.11 Å². The van der Waals surface area contributed by atoms with Crippen molar-refractivity contribution in [3.8, 4) is 28.1 Å². The summed E-state index contributed by atoms with van der Waals surface area (Å²) in [6.07, 6.45) is 1.82. The molecule has 0 saturated carbocycles. The lowest BCUT2D eigenvalue weighted by Gasteiger charge is -2.06. The Bertz CT molecular complexity index is 736. The molecule has 21 heavy (non-hydrogen) atoms. The molecule has 0 aliphatic rings. The van der Waals surface area contributed by atoms with Crippen molar-refractivity contribution in [2.24, 2.45) is 0 Å². The molecule has 3 rings (SSSR count). The van der Waals surface area contributed by atoms with Crippen LogP contribution in [0.25, 0.3) is 22.4 Å². The monoisotopic (exact) mass is 295 g/mol. The van der Waals surface area contributed by atoms with E-state index < -0.39 is 0 Å². The van der Waals surface area contributed by atoms with Gasteiger partial charge in [0.15, 0.2) is 0 Å². The Morgan fingerprint density at radius 1 is 0.810 bits per heavy atom. The molecule has 1 heterocycles. The third-order valence-corrected chi connectivity index (χ3v) is 3.58. The summed E-state index contributed by atoms with van der Waals surface area (Å²) in [5, 5.41) is 0.739. The maximum Gasteiger partial charge on any atom is 0.118 e. The maximum absolute atomic E-state index is 5.93. The van der Waals surface area contributed by atoms with Gasteiger partial charge in [0, 0.05) is 16.8 Å². The van der Waals surface area contributed by atoms with E-state index in [2.05, 4.69) is 11.1 Å². The first-order chi connectivity index (χ1) is 10.3. The smallest absolute Gasteiger partial charge is 0.118 e. The maximum atomic E-state index is 5.93. The second kappa shape index (κ2) is 5.98. The van der Waals surface area contributed by atoms with E-state index in [1.165, 1.54) is 0 Å². The van der Waals surface area contributed by atoms with E-state index in [0.717, 1.165) is 33.2 Å². The van der Waals surface area contributed by atoms with E-state index in [-0.39, 0.29) is 0 Å². The zero-order valence-corrected chi connectivity index (χ0v) is 12.3. The van der Waals surface area contributed by atoms with Crippen LogP contribution in [-0.2, 0) is 0 Å². The van der Waals surface area contributed by atoms with Crippen molar-refractivity contribution in [2.45, 2.75) is 0 Å². The number of methoxy groups -OCH3 is 1. The summed E-state index contributed by atoms with van der Waals surface area (Å²) in [6.45, 7) is 0. The number of pyridine rings is 1. The van der Waals surface area contributed by atoms with Crippen LogP contribution in [0.1, 0.15) is 0 Å². The highest BCUT2D eigenvalue weighted by molar-refractivity contribution is 6.30. The van der Waals surface area contributed by atoms with Gasteiger partial charge < -0.3 is 4.74 Å². The third kappa shape index (κ3) is 3.06. The van der Waals surface area contributed by atoms with Gasteiger partial charge >= 0.3 is 0 Å². The molecule has 0 fully saturated rings. The Hall–Kier alpha value is -2.32. The van der Waals surface area contributed by atoms with Gasteiger partial charge in [-0.2, -0.15) is 0 Å². The van der Waals surface area contributed by atoms with Crippen LogP contribution in [0.15, 0.2) is 66.9 Å². The van der Waals surface area contributed by atoms with Crippen LogP contribution in [0.4, 0.5) is 0 Å². The summed E-state index contributed by atoms with van der Waals surface area (Å²) in [6, 6.07) is 19.8. The number of rotatable bonds is 3. The van der Waals surface area contributed by atoms with Gasteiger partial charge in [0.25, 0.3) is 0 Å². The van der Waals surface area contributed by atoms with Crippen molar-refractivity contribution in [1.82, 2.24) is 4.98 Å². The fourth-order valence-electron chi connectivity index (χ4n) is 2.17. The van der Waals surface area contributed by atoms with Crippen LogP contribution in [-0.4, -0.2) is 12.1 Å². The largest absolute Gasteiger partial charge is 0.497 e. The Morgan fingerprint density at radius 2 is 1.48 bits per heavy atom. The summed E-state index contributed by atoms with van der Waals surface area (Å²) < 4.78 is 5.18. The first-order valence-corrected chi connectivity index (χ1v) is 7.00. The Labute approximate surface area is 129 Å². The molecule has 1 aromatic heterocycles. The molecule has 2 nitrogen and oxygen atoms in total. The van der Waals surface area contributed by atoms with E-state index in [1.807, 2.05) is 60.8 Å². The first-order valence-electron chi connectivity index (χ1n) is 6.63. The van der Waals surface area contributed by atoms with E-state index in [4.69, 9.17) is 16.3 Å². The summed E-state index contributed by atoms with van der Waals surface area (Å²) in [4.78, 5) is 4.44. The van der Waals surface area contributed by atoms with Crippen molar-refractivity contribution in [3.63, 3.8) is 0 Å². The zero-order valence-electron chi connectivity index (χ0n) is 11.6. The van der Waals surface area contributed by atoms with E-state index in [0.29, 0.717) is 0 Å².